The number of benzene rings is 2. The van der Waals surface area contributed by atoms with Crippen molar-refractivity contribution in [2.24, 2.45) is 0 Å². The predicted molar refractivity (Wildman–Crippen MR) is 106 cm³/mol. The fourth-order valence-electron chi connectivity index (χ4n) is 3.80. The molecule has 0 radical (unpaired) electrons. The van der Waals surface area contributed by atoms with Crippen molar-refractivity contribution in [3.8, 4) is 11.3 Å². The Balaban J connectivity index is 1.57. The van der Waals surface area contributed by atoms with Gasteiger partial charge in [0.05, 0.1) is 6.54 Å². The van der Waals surface area contributed by atoms with Crippen LogP contribution in [0.2, 0.25) is 0 Å². The van der Waals surface area contributed by atoms with Gasteiger partial charge in [0, 0.05) is 35.9 Å². The molecule has 0 saturated heterocycles. The lowest BCUT2D eigenvalue weighted by molar-refractivity contribution is 0.379. The molecule has 0 N–H and O–H groups in total. The number of anilines is 1. The largest absolute Gasteiger partial charge is 0.360 e. The number of aromatic nitrogens is 3. The van der Waals surface area contributed by atoms with Crippen molar-refractivity contribution in [1.82, 2.24) is 15.1 Å². The summed E-state index contributed by atoms with van der Waals surface area (Å²) in [5.74, 6) is 1.96. The van der Waals surface area contributed by atoms with Gasteiger partial charge in [0.25, 0.3) is 0 Å². The molecule has 0 atom stereocenters. The molecule has 27 heavy (non-hydrogen) atoms. The Labute approximate surface area is 157 Å². The monoisotopic (exact) mass is 356 g/mol. The van der Waals surface area contributed by atoms with Crippen LogP contribution in [0, 0.1) is 0 Å². The maximum atomic E-state index is 5.71. The van der Waals surface area contributed by atoms with Crippen molar-refractivity contribution in [1.29, 1.82) is 0 Å². The molecule has 0 bridgehead atoms. The van der Waals surface area contributed by atoms with Crippen LogP contribution in [-0.2, 0) is 19.4 Å². The molecule has 2 aromatic heterocycles. The summed E-state index contributed by atoms with van der Waals surface area (Å²) < 4.78 is 5.71. The van der Waals surface area contributed by atoms with Crippen LogP contribution in [-0.4, -0.2) is 21.7 Å². The Bertz CT molecular complexity index is 1110. The lowest BCUT2D eigenvalue weighted by atomic mass is 9.97. The van der Waals surface area contributed by atoms with Gasteiger partial charge in [0.15, 0.2) is 0 Å². The molecule has 1 aliphatic rings. The highest BCUT2D eigenvalue weighted by molar-refractivity contribution is 5.96. The number of hydrogen-bond acceptors (Lipinski definition) is 5. The fourth-order valence-corrected chi connectivity index (χ4v) is 3.80. The molecule has 134 valence electrons. The van der Waals surface area contributed by atoms with Crippen LogP contribution in [0.25, 0.3) is 22.0 Å². The standard InChI is InChI=1S/C22H20N4O/c1-2-16-12-21(24-14-23-16)26-11-10-20-19(13-26)22(25-27-20)18-9-5-7-15-6-3-4-8-17(15)18/h3-9,12,14H,2,10-11,13H2,1H3. The van der Waals surface area contributed by atoms with Gasteiger partial charge in [-0.15, -0.1) is 0 Å². The zero-order chi connectivity index (χ0) is 18.2. The summed E-state index contributed by atoms with van der Waals surface area (Å²) >= 11 is 0. The molecule has 5 heteroatoms. The van der Waals surface area contributed by atoms with Gasteiger partial charge >= 0.3 is 0 Å². The Kier molecular flexibility index (Phi) is 3.85. The lowest BCUT2D eigenvalue weighted by Gasteiger charge is -2.27. The van der Waals surface area contributed by atoms with E-state index in [1.807, 2.05) is 0 Å². The Morgan fingerprint density at radius 2 is 1.96 bits per heavy atom. The summed E-state index contributed by atoms with van der Waals surface area (Å²) in [5, 5.41) is 6.85. The highest BCUT2D eigenvalue weighted by atomic mass is 16.5. The van der Waals surface area contributed by atoms with Crippen LogP contribution in [0.1, 0.15) is 23.9 Å². The minimum Gasteiger partial charge on any atom is -0.360 e. The Morgan fingerprint density at radius 1 is 1.07 bits per heavy atom. The molecule has 3 heterocycles. The van der Waals surface area contributed by atoms with Gasteiger partial charge < -0.3 is 9.42 Å². The molecule has 0 saturated carbocycles. The summed E-state index contributed by atoms with van der Waals surface area (Å²) in [6.07, 6.45) is 3.39. The van der Waals surface area contributed by atoms with E-state index in [-0.39, 0.29) is 0 Å². The first-order chi connectivity index (χ1) is 13.3. The fraction of sp³-hybridized carbons (Fsp3) is 0.227. The first kappa shape index (κ1) is 16.0. The number of rotatable bonds is 3. The number of nitrogens with zero attached hydrogens (tertiary/aromatic N) is 4. The van der Waals surface area contributed by atoms with Crippen molar-refractivity contribution in [2.75, 3.05) is 11.4 Å². The quantitative estimate of drug-likeness (QED) is 0.544. The predicted octanol–water partition coefficient (Wildman–Crippen LogP) is 4.41. The molecular weight excluding hydrogens is 336 g/mol. The van der Waals surface area contributed by atoms with E-state index < -0.39 is 0 Å². The minimum atomic E-state index is 0.748. The van der Waals surface area contributed by atoms with Crippen molar-refractivity contribution in [2.45, 2.75) is 26.3 Å². The zero-order valence-electron chi connectivity index (χ0n) is 15.2. The van der Waals surface area contributed by atoms with Gasteiger partial charge in [-0.25, -0.2) is 9.97 Å². The molecule has 5 nitrogen and oxygen atoms in total. The highest BCUT2D eigenvalue weighted by Crippen LogP contribution is 2.35. The van der Waals surface area contributed by atoms with Crippen molar-refractivity contribution in [3.05, 3.63) is 71.9 Å². The van der Waals surface area contributed by atoms with Crippen LogP contribution in [0.15, 0.2) is 59.4 Å². The van der Waals surface area contributed by atoms with Gasteiger partial charge in [-0.3, -0.25) is 0 Å². The van der Waals surface area contributed by atoms with Crippen molar-refractivity contribution in [3.63, 3.8) is 0 Å². The first-order valence-corrected chi connectivity index (χ1v) is 9.35. The molecule has 0 aliphatic carbocycles. The molecule has 0 amide bonds. The van der Waals surface area contributed by atoms with Crippen LogP contribution in [0.4, 0.5) is 5.82 Å². The minimum absolute atomic E-state index is 0.748. The summed E-state index contributed by atoms with van der Waals surface area (Å²) in [6.45, 7) is 3.73. The van der Waals surface area contributed by atoms with Gasteiger partial charge in [-0.1, -0.05) is 54.5 Å². The van der Waals surface area contributed by atoms with Crippen LogP contribution >= 0.6 is 0 Å². The summed E-state index contributed by atoms with van der Waals surface area (Å²) in [5.41, 5.74) is 4.29. The zero-order valence-corrected chi connectivity index (χ0v) is 15.2. The highest BCUT2D eigenvalue weighted by Gasteiger charge is 2.26. The first-order valence-electron chi connectivity index (χ1n) is 9.35. The normalized spacial score (nSPS) is 13.7. The summed E-state index contributed by atoms with van der Waals surface area (Å²) in [6, 6.07) is 16.8. The van der Waals surface area contributed by atoms with Crippen LogP contribution in [0.5, 0.6) is 0 Å². The maximum absolute atomic E-state index is 5.71. The van der Waals surface area contributed by atoms with E-state index >= 15 is 0 Å². The maximum Gasteiger partial charge on any atom is 0.144 e. The average Bonchev–Trinajstić information content (AvgIpc) is 3.16. The second kappa shape index (κ2) is 6.50. The van der Waals surface area contributed by atoms with E-state index in [0.717, 1.165) is 60.0 Å². The second-order valence-electron chi connectivity index (χ2n) is 6.85. The SMILES string of the molecule is CCc1cc(N2CCc3onc(-c4cccc5ccccc45)c3C2)ncn1. The molecule has 5 rings (SSSR count). The average molecular weight is 356 g/mol. The van der Waals surface area contributed by atoms with Gasteiger partial charge in [0.2, 0.25) is 0 Å². The number of aryl methyl sites for hydroxylation is 1. The lowest BCUT2D eigenvalue weighted by Crippen LogP contribution is -2.30. The second-order valence-corrected chi connectivity index (χ2v) is 6.85. The topological polar surface area (TPSA) is 55.1 Å². The van der Waals surface area contributed by atoms with Gasteiger partial charge in [0.1, 0.15) is 23.6 Å². The van der Waals surface area contributed by atoms with E-state index in [1.165, 1.54) is 10.8 Å². The van der Waals surface area contributed by atoms with E-state index in [1.54, 1.807) is 6.33 Å². The van der Waals surface area contributed by atoms with Crippen LogP contribution < -0.4 is 4.90 Å². The third kappa shape index (κ3) is 2.76. The van der Waals surface area contributed by atoms with E-state index in [4.69, 9.17) is 4.52 Å². The molecule has 0 spiro atoms. The van der Waals surface area contributed by atoms with Gasteiger partial charge in [-0.2, -0.15) is 0 Å². The molecule has 2 aromatic carbocycles. The molecule has 0 unspecified atom stereocenters. The molecule has 0 fully saturated rings. The third-order valence-electron chi connectivity index (χ3n) is 5.27. The van der Waals surface area contributed by atoms with E-state index in [0.29, 0.717) is 0 Å². The smallest absolute Gasteiger partial charge is 0.144 e. The molecule has 1 aliphatic heterocycles. The Morgan fingerprint density at radius 3 is 2.89 bits per heavy atom. The van der Waals surface area contributed by atoms with Crippen molar-refractivity contribution < 1.29 is 4.52 Å². The Hall–Kier alpha value is -3.21. The molecule has 4 aromatic rings. The summed E-state index contributed by atoms with van der Waals surface area (Å²) in [7, 11) is 0. The van der Waals surface area contributed by atoms with E-state index in [2.05, 4.69) is 75.5 Å². The number of fused-ring (bicyclic) bond motifs is 2. The number of hydrogen-bond donors (Lipinski definition) is 0. The summed E-state index contributed by atoms with van der Waals surface area (Å²) in [4.78, 5) is 11.1. The van der Waals surface area contributed by atoms with E-state index in [9.17, 15) is 0 Å². The third-order valence-corrected chi connectivity index (χ3v) is 5.27. The van der Waals surface area contributed by atoms with Crippen molar-refractivity contribution >= 4 is 16.6 Å². The molecular formula is C22H20N4O. The van der Waals surface area contributed by atoms with Gasteiger partial charge in [-0.05, 0) is 17.2 Å². The van der Waals surface area contributed by atoms with Crippen LogP contribution in [0.3, 0.4) is 0 Å².